The van der Waals surface area contributed by atoms with Crippen molar-refractivity contribution in [1.82, 2.24) is 0 Å². The first-order valence-corrected chi connectivity index (χ1v) is 33.3. The second-order valence-corrected chi connectivity index (χ2v) is 22.7. The highest BCUT2D eigenvalue weighted by Crippen LogP contribution is 2.43. The van der Waals surface area contributed by atoms with Crippen LogP contribution >= 0.6 is 7.82 Å². The van der Waals surface area contributed by atoms with Crippen LogP contribution in [0.4, 0.5) is 0 Å². The predicted octanol–water partition coefficient (Wildman–Crippen LogP) is 19.3. The molecule has 12 heteroatoms. The van der Waals surface area contributed by atoms with E-state index in [4.69, 9.17) is 23.3 Å². The van der Waals surface area contributed by atoms with Gasteiger partial charge in [-0.05, 0) is 83.5 Å². The second kappa shape index (κ2) is 60.0. The molecule has 0 bridgehead atoms. The van der Waals surface area contributed by atoms with E-state index in [1.54, 1.807) is 0 Å². The van der Waals surface area contributed by atoms with E-state index in [-0.39, 0.29) is 25.9 Å². The zero-order valence-corrected chi connectivity index (χ0v) is 51.0. The molecule has 11 nitrogen and oxygen atoms in total. The number of phosphoric ester groups is 1. The van der Waals surface area contributed by atoms with Gasteiger partial charge in [0.05, 0.1) is 19.8 Å². The SMILES string of the molecule is CC/C=C\C/C=C\C/C=C\C/C=C\C/C=C\CCCC(=O)OC(COC(=O)CCCCCCCCCCCCCCCCCCCCC)COP(=O)(O)OCC(CO)OC(=O)CCCCCCC/C=C\CCCCCCCC. The van der Waals surface area contributed by atoms with Gasteiger partial charge in [0.15, 0.2) is 6.10 Å². The number of phosphoric acid groups is 1. The fourth-order valence-electron chi connectivity index (χ4n) is 8.80. The van der Waals surface area contributed by atoms with Gasteiger partial charge >= 0.3 is 25.7 Å². The number of carbonyl (C=O) groups is 3. The lowest BCUT2D eigenvalue weighted by molar-refractivity contribution is -0.161. The third-order valence-electron chi connectivity index (χ3n) is 13.6. The maximum atomic E-state index is 12.9. The van der Waals surface area contributed by atoms with Crippen molar-refractivity contribution in [3.05, 3.63) is 72.9 Å². The molecule has 0 aromatic rings. The highest BCUT2D eigenvalue weighted by Gasteiger charge is 2.28. The Morgan fingerprint density at radius 2 is 0.679 bits per heavy atom. The largest absolute Gasteiger partial charge is 0.472 e. The number of rotatable bonds is 59. The number of aliphatic hydroxyl groups is 1. The molecule has 0 aliphatic carbocycles. The average molecular weight is 1120 g/mol. The van der Waals surface area contributed by atoms with Gasteiger partial charge in [0.1, 0.15) is 12.7 Å². The van der Waals surface area contributed by atoms with Crippen LogP contribution in [0, 0.1) is 0 Å². The molecule has 0 aromatic carbocycles. The summed E-state index contributed by atoms with van der Waals surface area (Å²) in [7, 11) is -4.77. The van der Waals surface area contributed by atoms with Gasteiger partial charge in [-0.2, -0.15) is 0 Å². The Morgan fingerprint density at radius 3 is 1.09 bits per heavy atom. The van der Waals surface area contributed by atoms with Gasteiger partial charge in [0.25, 0.3) is 0 Å². The Hall–Kier alpha value is -3.08. The van der Waals surface area contributed by atoms with E-state index in [1.165, 1.54) is 135 Å². The van der Waals surface area contributed by atoms with E-state index in [1.807, 2.05) is 6.08 Å². The van der Waals surface area contributed by atoms with Crippen LogP contribution in [0.1, 0.15) is 290 Å². The van der Waals surface area contributed by atoms with Crippen molar-refractivity contribution in [3.63, 3.8) is 0 Å². The summed E-state index contributed by atoms with van der Waals surface area (Å²) >= 11 is 0. The van der Waals surface area contributed by atoms with Crippen LogP contribution in [0.25, 0.3) is 0 Å². The van der Waals surface area contributed by atoms with Crippen molar-refractivity contribution in [2.75, 3.05) is 26.4 Å². The molecule has 0 fully saturated rings. The molecule has 0 aromatic heterocycles. The van der Waals surface area contributed by atoms with Crippen LogP contribution in [0.5, 0.6) is 0 Å². The molecular formula is C66H117O11P. The predicted molar refractivity (Wildman–Crippen MR) is 325 cm³/mol. The Bertz CT molecular complexity index is 1590. The van der Waals surface area contributed by atoms with Crippen LogP contribution < -0.4 is 0 Å². The quantitative estimate of drug-likeness (QED) is 0.0197. The Labute approximate surface area is 478 Å². The number of allylic oxidation sites excluding steroid dienone is 12. The lowest BCUT2D eigenvalue weighted by Crippen LogP contribution is -2.30. The molecular weight excluding hydrogens is 1000 g/mol. The lowest BCUT2D eigenvalue weighted by Gasteiger charge is -2.21. The molecule has 0 saturated carbocycles. The molecule has 3 atom stereocenters. The van der Waals surface area contributed by atoms with Crippen LogP contribution in [-0.4, -0.2) is 66.5 Å². The molecule has 0 aliphatic rings. The molecule has 0 amide bonds. The fourth-order valence-corrected chi connectivity index (χ4v) is 9.58. The fraction of sp³-hybridized carbons (Fsp3) is 0.773. The van der Waals surface area contributed by atoms with Gasteiger partial charge in [0, 0.05) is 19.3 Å². The number of carbonyl (C=O) groups excluding carboxylic acids is 3. The third-order valence-corrected chi connectivity index (χ3v) is 14.6. The molecule has 0 heterocycles. The van der Waals surface area contributed by atoms with E-state index >= 15 is 0 Å². The zero-order valence-electron chi connectivity index (χ0n) is 50.1. The smallest absolute Gasteiger partial charge is 0.462 e. The van der Waals surface area contributed by atoms with Crippen molar-refractivity contribution < 1.29 is 52.2 Å². The summed E-state index contributed by atoms with van der Waals surface area (Å²) in [5.41, 5.74) is 0. The van der Waals surface area contributed by atoms with Crippen molar-refractivity contribution in [2.45, 2.75) is 303 Å². The molecule has 2 N–H and O–H groups in total. The molecule has 0 aliphatic heterocycles. The van der Waals surface area contributed by atoms with Crippen LogP contribution in [0.3, 0.4) is 0 Å². The Balaban J connectivity index is 4.75. The summed E-state index contributed by atoms with van der Waals surface area (Å²) in [4.78, 5) is 48.7. The average Bonchev–Trinajstić information content (AvgIpc) is 3.43. The first kappa shape index (κ1) is 74.9. The number of unbranched alkanes of at least 4 members (excludes halogenated alkanes) is 30. The monoisotopic (exact) mass is 1120 g/mol. The normalized spacial score (nSPS) is 13.8. The van der Waals surface area contributed by atoms with Gasteiger partial charge < -0.3 is 24.2 Å². The maximum Gasteiger partial charge on any atom is 0.472 e. The van der Waals surface area contributed by atoms with E-state index in [9.17, 15) is 28.9 Å². The zero-order chi connectivity index (χ0) is 56.9. The number of hydrogen-bond acceptors (Lipinski definition) is 10. The lowest BCUT2D eigenvalue weighted by atomic mass is 10.0. The molecule has 0 radical (unpaired) electrons. The van der Waals surface area contributed by atoms with Crippen LogP contribution in [0.2, 0.25) is 0 Å². The van der Waals surface area contributed by atoms with Gasteiger partial charge in [-0.25, -0.2) is 4.57 Å². The summed E-state index contributed by atoms with van der Waals surface area (Å²) in [6.07, 6.45) is 68.7. The van der Waals surface area contributed by atoms with Crippen molar-refractivity contribution in [3.8, 4) is 0 Å². The van der Waals surface area contributed by atoms with Gasteiger partial charge in [-0.15, -0.1) is 0 Å². The minimum atomic E-state index is -4.77. The molecule has 0 rings (SSSR count). The van der Waals surface area contributed by atoms with Crippen molar-refractivity contribution in [2.24, 2.45) is 0 Å². The number of hydrogen-bond donors (Lipinski definition) is 2. The first-order valence-electron chi connectivity index (χ1n) is 31.8. The van der Waals surface area contributed by atoms with E-state index in [0.29, 0.717) is 25.7 Å². The van der Waals surface area contributed by atoms with Gasteiger partial charge in [0.2, 0.25) is 0 Å². The molecule has 3 unspecified atom stereocenters. The van der Waals surface area contributed by atoms with Gasteiger partial charge in [-0.1, -0.05) is 261 Å². The molecule has 78 heavy (non-hydrogen) atoms. The van der Waals surface area contributed by atoms with Crippen molar-refractivity contribution >= 4 is 25.7 Å². The van der Waals surface area contributed by atoms with Gasteiger partial charge in [-0.3, -0.25) is 23.4 Å². The van der Waals surface area contributed by atoms with E-state index < -0.39 is 57.8 Å². The molecule has 0 spiro atoms. The minimum absolute atomic E-state index is 0.0892. The number of esters is 3. The standard InChI is InChI=1S/C66H117O11P/c1-4-7-10-13-16-19-22-25-28-30-31-33-35-37-40-43-46-49-52-55-64(68)73-59-63(77-66(70)57-54-51-48-45-42-39-36-32-29-26-23-20-17-14-11-8-5-2)61-75-78(71,72)74-60-62(58-67)76-65(69)56-53-50-47-44-41-38-34-27-24-21-18-15-12-9-6-3/h8,11,17,20,26-27,29,34,36,39,45,48,62-63,67H,4-7,9-10,12-16,18-19,21-25,28,30-33,35,37-38,40-44,46-47,49-61H2,1-3H3,(H,71,72)/b11-8-,20-17-,29-26-,34-27-,39-36-,48-45-. The van der Waals surface area contributed by atoms with E-state index in [2.05, 4.69) is 87.6 Å². The van der Waals surface area contributed by atoms with E-state index in [0.717, 1.165) is 89.9 Å². The number of aliphatic hydroxyl groups excluding tert-OH is 1. The van der Waals surface area contributed by atoms with Crippen LogP contribution in [-0.2, 0) is 42.2 Å². The summed E-state index contributed by atoms with van der Waals surface area (Å²) in [5.74, 6) is -1.53. The Morgan fingerprint density at radius 1 is 0.372 bits per heavy atom. The summed E-state index contributed by atoms with van der Waals surface area (Å²) in [6, 6.07) is 0. The van der Waals surface area contributed by atoms with Crippen LogP contribution in [0.15, 0.2) is 72.9 Å². The highest BCUT2D eigenvalue weighted by molar-refractivity contribution is 7.47. The maximum absolute atomic E-state index is 12.9. The summed E-state index contributed by atoms with van der Waals surface area (Å²) in [5, 5.41) is 9.84. The first-order chi connectivity index (χ1) is 38.2. The summed E-state index contributed by atoms with van der Waals surface area (Å²) in [6.45, 7) is 4.50. The van der Waals surface area contributed by atoms with Crippen molar-refractivity contribution in [1.29, 1.82) is 0 Å². The molecule has 0 saturated heterocycles. The topological polar surface area (TPSA) is 155 Å². The third kappa shape index (κ3) is 57.6. The number of ether oxygens (including phenoxy) is 3. The Kier molecular flexibility index (Phi) is 57.7. The summed E-state index contributed by atoms with van der Waals surface area (Å²) < 4.78 is 39.6. The second-order valence-electron chi connectivity index (χ2n) is 21.2. The highest BCUT2D eigenvalue weighted by atomic mass is 31.2. The minimum Gasteiger partial charge on any atom is -0.462 e. The molecule has 452 valence electrons.